The van der Waals surface area contributed by atoms with Gasteiger partial charge in [-0.2, -0.15) is 0 Å². The summed E-state index contributed by atoms with van der Waals surface area (Å²) in [5.41, 5.74) is 1.22. The Balaban J connectivity index is 2.17. The normalized spacial score (nSPS) is 10.8. The zero-order chi connectivity index (χ0) is 13.0. The summed E-state index contributed by atoms with van der Waals surface area (Å²) in [5, 5.41) is 15.2. The number of nitrogens with one attached hydrogen (secondary N) is 1. The monoisotopic (exact) mass is 250 g/mol. The minimum Gasteiger partial charge on any atom is -0.450 e. The first-order valence-corrected chi connectivity index (χ1v) is 5.75. The van der Waals surface area contributed by atoms with Crippen LogP contribution < -0.4 is 14.5 Å². The van der Waals surface area contributed by atoms with Crippen molar-refractivity contribution in [3.05, 3.63) is 35.5 Å². The molecule has 6 nitrogen and oxygen atoms in total. The van der Waals surface area contributed by atoms with E-state index in [9.17, 15) is 5.21 Å². The van der Waals surface area contributed by atoms with Crippen molar-refractivity contribution in [2.75, 3.05) is 27.2 Å². The molecule has 1 aromatic carbocycles. The van der Waals surface area contributed by atoms with Crippen molar-refractivity contribution in [2.24, 2.45) is 0 Å². The van der Waals surface area contributed by atoms with E-state index < -0.39 is 0 Å². The largest absolute Gasteiger partial charge is 0.450 e. The van der Waals surface area contributed by atoms with Gasteiger partial charge in [-0.15, -0.1) is 0 Å². The fourth-order valence-corrected chi connectivity index (χ4v) is 1.49. The molecular weight excluding hydrogens is 234 g/mol. The van der Waals surface area contributed by atoms with Crippen LogP contribution in [0.25, 0.3) is 11.3 Å². The molecule has 2 rings (SSSR count). The highest BCUT2D eigenvalue weighted by atomic mass is 16.8. The molecule has 0 saturated heterocycles. The lowest BCUT2D eigenvalue weighted by atomic mass is 10.2. The van der Waals surface area contributed by atoms with Crippen LogP contribution in [-0.2, 0) is 0 Å². The number of aromatic nitrogens is 2. The Hall–Kier alpha value is -2.08. The van der Waals surface area contributed by atoms with E-state index >= 15 is 0 Å². The van der Waals surface area contributed by atoms with E-state index in [2.05, 4.69) is 9.79 Å². The Labute approximate surface area is 105 Å². The summed E-state index contributed by atoms with van der Waals surface area (Å²) in [6.07, 6.45) is 0. The van der Waals surface area contributed by atoms with E-state index in [1.165, 1.54) is 4.90 Å². The molecule has 96 valence electrons. The number of hydrogen-bond acceptors (Lipinski definition) is 4. The van der Waals surface area contributed by atoms with E-state index in [1.807, 2.05) is 44.4 Å². The maximum absolute atomic E-state index is 11.4. The first-order chi connectivity index (χ1) is 8.68. The quantitative estimate of drug-likeness (QED) is 0.726. The van der Waals surface area contributed by atoms with Crippen molar-refractivity contribution >= 4 is 0 Å². The number of benzene rings is 1. The lowest BCUT2D eigenvalue weighted by Gasteiger charge is -2.07. The van der Waals surface area contributed by atoms with Crippen molar-refractivity contribution < 1.29 is 19.2 Å². The number of nitrogens with zero attached hydrogens (tertiary/aromatic N) is 2. The number of likely N-dealkylation sites (N-methyl/N-ethyl adjacent to an activating group) is 1. The summed E-state index contributed by atoms with van der Waals surface area (Å²) in [4.78, 5) is 1.54. The minimum absolute atomic E-state index is 0.113. The van der Waals surface area contributed by atoms with Crippen molar-refractivity contribution in [3.63, 3.8) is 0 Å². The van der Waals surface area contributed by atoms with Gasteiger partial charge in [0.05, 0.1) is 19.3 Å². The first-order valence-electron chi connectivity index (χ1n) is 5.75. The fourth-order valence-electron chi connectivity index (χ4n) is 1.49. The first kappa shape index (κ1) is 12.4. The number of hydrogen-bond donors (Lipinski definition) is 1. The van der Waals surface area contributed by atoms with Crippen LogP contribution in [0.2, 0.25) is 0 Å². The second-order valence-electron chi connectivity index (χ2n) is 4.26. The molecule has 1 N–H and O–H groups in total. The van der Waals surface area contributed by atoms with Gasteiger partial charge in [0.15, 0.2) is 0 Å². The molecule has 0 radical (unpaired) electrons. The number of rotatable bonds is 5. The smallest absolute Gasteiger partial charge is 0.381 e. The molecule has 18 heavy (non-hydrogen) atoms. The molecule has 0 amide bonds. The van der Waals surface area contributed by atoms with Gasteiger partial charge in [-0.1, -0.05) is 30.3 Å². The van der Waals surface area contributed by atoms with E-state index in [4.69, 9.17) is 4.74 Å². The van der Waals surface area contributed by atoms with Crippen molar-refractivity contribution in [1.29, 1.82) is 0 Å². The average Bonchev–Trinajstić information content (AvgIpc) is 2.72. The molecular formula is C12H16N3O3+. The van der Waals surface area contributed by atoms with Gasteiger partial charge in [-0.25, -0.2) is 0 Å². The molecule has 2 aromatic rings. The Morgan fingerprint density at radius 3 is 2.72 bits per heavy atom. The van der Waals surface area contributed by atoms with Crippen LogP contribution in [0.3, 0.4) is 0 Å². The van der Waals surface area contributed by atoms with Crippen molar-refractivity contribution in [3.8, 4) is 17.1 Å². The summed E-state index contributed by atoms with van der Waals surface area (Å²) >= 11 is 0. The zero-order valence-corrected chi connectivity index (χ0v) is 10.4. The van der Waals surface area contributed by atoms with Gasteiger partial charge in [-0.3, -0.25) is 4.63 Å². The number of quaternary nitrogens is 1. The third kappa shape index (κ3) is 2.78. The molecule has 1 aromatic heterocycles. The third-order valence-corrected chi connectivity index (χ3v) is 2.46. The van der Waals surface area contributed by atoms with Gasteiger partial charge in [0.25, 0.3) is 5.69 Å². The second kappa shape index (κ2) is 5.50. The SMILES string of the molecule is C[NH+](C)CCOc1c(-c2ccccc2)no[n+]1[O-]. The second-order valence-corrected chi connectivity index (χ2v) is 4.26. The summed E-state index contributed by atoms with van der Waals surface area (Å²) in [6, 6.07) is 9.33. The summed E-state index contributed by atoms with van der Waals surface area (Å²) in [6.45, 7) is 1.23. The Bertz CT molecular complexity index is 497. The van der Waals surface area contributed by atoms with Crippen LogP contribution in [0.4, 0.5) is 0 Å². The maximum atomic E-state index is 11.4. The van der Waals surface area contributed by atoms with Crippen LogP contribution in [-0.4, -0.2) is 32.4 Å². The zero-order valence-electron chi connectivity index (χ0n) is 10.4. The van der Waals surface area contributed by atoms with E-state index in [-0.39, 0.29) is 5.88 Å². The van der Waals surface area contributed by atoms with Crippen LogP contribution in [0, 0.1) is 5.21 Å². The van der Waals surface area contributed by atoms with E-state index in [1.54, 1.807) is 0 Å². The average molecular weight is 250 g/mol. The molecule has 0 saturated carbocycles. The van der Waals surface area contributed by atoms with Crippen molar-refractivity contribution in [2.45, 2.75) is 0 Å². The van der Waals surface area contributed by atoms with Crippen LogP contribution in [0.5, 0.6) is 5.88 Å². The predicted molar refractivity (Wildman–Crippen MR) is 64.1 cm³/mol. The predicted octanol–water partition coefficient (Wildman–Crippen LogP) is -0.502. The van der Waals surface area contributed by atoms with Gasteiger partial charge < -0.3 is 14.8 Å². The fraction of sp³-hybridized carbons (Fsp3) is 0.333. The van der Waals surface area contributed by atoms with Gasteiger partial charge in [0.1, 0.15) is 13.2 Å². The Morgan fingerprint density at radius 2 is 2.06 bits per heavy atom. The molecule has 0 aliphatic carbocycles. The number of ether oxygens (including phenoxy) is 1. The summed E-state index contributed by atoms with van der Waals surface area (Å²) in [5.74, 6) is 0.113. The standard InChI is InChI=1S/C12H15N3O3/c1-14(2)8-9-17-12-11(13-18-15(12)16)10-6-4-3-5-7-10/h3-7H,8-9H2,1-2H3/p+1. The third-order valence-electron chi connectivity index (χ3n) is 2.46. The van der Waals surface area contributed by atoms with Crippen LogP contribution in [0.15, 0.2) is 35.0 Å². The van der Waals surface area contributed by atoms with E-state index in [0.717, 1.165) is 12.1 Å². The van der Waals surface area contributed by atoms with Crippen LogP contribution in [0.1, 0.15) is 0 Å². The molecule has 0 fully saturated rings. The molecule has 6 heteroatoms. The van der Waals surface area contributed by atoms with Crippen LogP contribution >= 0.6 is 0 Å². The van der Waals surface area contributed by atoms with Gasteiger partial charge in [0.2, 0.25) is 0 Å². The molecule has 0 unspecified atom stereocenters. The molecule has 1 heterocycles. The Morgan fingerprint density at radius 1 is 1.33 bits per heavy atom. The Kier molecular flexibility index (Phi) is 3.78. The minimum atomic E-state index is 0.113. The topological polar surface area (TPSA) is 66.6 Å². The highest BCUT2D eigenvalue weighted by Gasteiger charge is 2.22. The highest BCUT2D eigenvalue weighted by molar-refractivity contribution is 5.61. The molecule has 0 aliphatic rings. The summed E-state index contributed by atoms with van der Waals surface area (Å²) < 4.78 is 10.0. The molecule has 0 spiro atoms. The maximum Gasteiger partial charge on any atom is 0.381 e. The van der Waals surface area contributed by atoms with Crippen molar-refractivity contribution in [1.82, 2.24) is 5.16 Å². The van der Waals surface area contributed by atoms with Gasteiger partial charge >= 0.3 is 5.88 Å². The summed E-state index contributed by atoms with van der Waals surface area (Å²) in [7, 11) is 4.03. The lowest BCUT2D eigenvalue weighted by Crippen LogP contribution is -3.06. The highest BCUT2D eigenvalue weighted by Crippen LogP contribution is 2.24. The molecule has 0 bridgehead atoms. The van der Waals surface area contributed by atoms with Gasteiger partial charge in [0, 0.05) is 5.56 Å². The molecule has 0 aliphatic heterocycles. The van der Waals surface area contributed by atoms with E-state index in [0.29, 0.717) is 17.2 Å². The molecule has 0 atom stereocenters. The lowest BCUT2D eigenvalue weighted by molar-refractivity contribution is -0.859. The van der Waals surface area contributed by atoms with Gasteiger partial charge in [-0.05, 0) is 4.90 Å².